The Bertz CT molecular complexity index is 375. The zero-order chi connectivity index (χ0) is 11.4. The van der Waals surface area contributed by atoms with E-state index in [-0.39, 0.29) is 6.79 Å². The molecule has 1 heterocycles. The summed E-state index contributed by atoms with van der Waals surface area (Å²) in [6.45, 7) is 2.76. The zero-order valence-electron chi connectivity index (χ0n) is 9.31. The molecule has 16 heavy (non-hydrogen) atoms. The van der Waals surface area contributed by atoms with Gasteiger partial charge in [0.1, 0.15) is 5.69 Å². The molecule has 86 valence electrons. The number of hydrogen-bond acceptors (Lipinski definition) is 4. The van der Waals surface area contributed by atoms with Crippen molar-refractivity contribution in [3.8, 4) is 5.75 Å². The Kier molecular flexibility index (Phi) is 3.51. The number of pyridine rings is 1. The monoisotopic (exact) mass is 221 g/mol. The van der Waals surface area contributed by atoms with Crippen molar-refractivity contribution in [3.05, 3.63) is 23.5 Å². The largest absolute Gasteiger partial charge is 0.465 e. The molecule has 0 bridgehead atoms. The molecule has 0 unspecified atom stereocenters. The highest BCUT2D eigenvalue weighted by atomic mass is 16.7. The first-order chi connectivity index (χ1) is 7.79. The first-order valence-electron chi connectivity index (χ1n) is 5.43. The van der Waals surface area contributed by atoms with Crippen LogP contribution in [0.5, 0.6) is 5.75 Å². The van der Waals surface area contributed by atoms with E-state index in [0.29, 0.717) is 23.6 Å². The molecule has 1 aromatic heterocycles. The van der Waals surface area contributed by atoms with Crippen molar-refractivity contribution >= 4 is 6.29 Å². The van der Waals surface area contributed by atoms with Crippen molar-refractivity contribution < 1.29 is 14.3 Å². The smallest absolute Gasteiger partial charge is 0.189 e. The average Bonchev–Trinajstić information content (AvgIpc) is 3.09. The van der Waals surface area contributed by atoms with Crippen molar-refractivity contribution in [1.82, 2.24) is 4.98 Å². The van der Waals surface area contributed by atoms with Crippen LogP contribution in [0, 0.1) is 12.8 Å². The highest BCUT2D eigenvalue weighted by Gasteiger charge is 2.21. The number of aryl methyl sites for hydroxylation is 1. The maximum atomic E-state index is 10.7. The molecule has 1 aliphatic carbocycles. The maximum Gasteiger partial charge on any atom is 0.189 e. The van der Waals surface area contributed by atoms with Gasteiger partial charge < -0.3 is 9.47 Å². The van der Waals surface area contributed by atoms with E-state index in [9.17, 15) is 4.79 Å². The number of ether oxygens (including phenoxy) is 2. The lowest BCUT2D eigenvalue weighted by Crippen LogP contribution is -2.07. The average molecular weight is 221 g/mol. The third-order valence-corrected chi connectivity index (χ3v) is 2.49. The number of aldehydes is 1. The summed E-state index contributed by atoms with van der Waals surface area (Å²) >= 11 is 0. The van der Waals surface area contributed by atoms with Gasteiger partial charge in [-0.05, 0) is 37.8 Å². The van der Waals surface area contributed by atoms with Crippen LogP contribution < -0.4 is 4.74 Å². The molecule has 2 rings (SSSR count). The molecule has 0 aliphatic heterocycles. The van der Waals surface area contributed by atoms with Crippen LogP contribution in [-0.4, -0.2) is 24.7 Å². The summed E-state index contributed by atoms with van der Waals surface area (Å²) in [6, 6.07) is 3.55. The molecular weight excluding hydrogens is 206 g/mol. The first kappa shape index (κ1) is 11.1. The van der Waals surface area contributed by atoms with Gasteiger partial charge in [-0.1, -0.05) is 0 Å². The van der Waals surface area contributed by atoms with Gasteiger partial charge in [-0.3, -0.25) is 4.79 Å². The normalized spacial score (nSPS) is 14.8. The van der Waals surface area contributed by atoms with Crippen LogP contribution in [0.15, 0.2) is 12.1 Å². The quantitative estimate of drug-likeness (QED) is 0.418. The summed E-state index contributed by atoms with van der Waals surface area (Å²) in [7, 11) is 0. The fraction of sp³-hybridized carbons (Fsp3) is 0.500. The van der Waals surface area contributed by atoms with Crippen LogP contribution in [0.1, 0.15) is 29.0 Å². The van der Waals surface area contributed by atoms with Crippen molar-refractivity contribution in [2.24, 2.45) is 5.92 Å². The number of hydrogen-bond donors (Lipinski definition) is 0. The van der Waals surface area contributed by atoms with E-state index in [0.717, 1.165) is 12.3 Å². The minimum absolute atomic E-state index is 0.183. The molecule has 1 aliphatic rings. The molecule has 0 aromatic carbocycles. The van der Waals surface area contributed by atoms with Crippen molar-refractivity contribution in [2.45, 2.75) is 19.8 Å². The van der Waals surface area contributed by atoms with Gasteiger partial charge in [0.2, 0.25) is 0 Å². The minimum Gasteiger partial charge on any atom is -0.465 e. The second kappa shape index (κ2) is 5.07. The molecule has 1 fully saturated rings. The Hall–Kier alpha value is -1.42. The van der Waals surface area contributed by atoms with E-state index in [4.69, 9.17) is 9.47 Å². The van der Waals surface area contributed by atoms with Crippen LogP contribution in [0.25, 0.3) is 0 Å². The highest BCUT2D eigenvalue weighted by molar-refractivity contribution is 5.76. The number of carbonyl (C=O) groups excluding carboxylic acids is 1. The fourth-order valence-corrected chi connectivity index (χ4v) is 1.37. The molecule has 4 nitrogen and oxygen atoms in total. The predicted molar refractivity (Wildman–Crippen MR) is 58.5 cm³/mol. The van der Waals surface area contributed by atoms with Crippen molar-refractivity contribution in [3.63, 3.8) is 0 Å². The van der Waals surface area contributed by atoms with E-state index < -0.39 is 0 Å². The predicted octanol–water partition coefficient (Wildman–Crippen LogP) is 1.97. The summed E-state index contributed by atoms with van der Waals surface area (Å²) in [6.07, 6.45) is 3.21. The minimum atomic E-state index is 0.183. The maximum absolute atomic E-state index is 10.7. The Balaban J connectivity index is 1.84. The van der Waals surface area contributed by atoms with E-state index in [2.05, 4.69) is 4.98 Å². The lowest BCUT2D eigenvalue weighted by atomic mass is 10.3. The Labute approximate surface area is 94.6 Å². The van der Waals surface area contributed by atoms with Crippen molar-refractivity contribution in [2.75, 3.05) is 13.4 Å². The number of rotatable bonds is 6. The van der Waals surface area contributed by atoms with Crippen molar-refractivity contribution in [1.29, 1.82) is 0 Å². The van der Waals surface area contributed by atoms with E-state index >= 15 is 0 Å². The van der Waals surface area contributed by atoms with Crippen LogP contribution in [0.2, 0.25) is 0 Å². The molecular formula is C12H15NO3. The van der Waals surface area contributed by atoms with Gasteiger partial charge in [0, 0.05) is 5.69 Å². The standard InChI is InChI=1S/C12H15NO3/c1-9-2-5-12(11(6-14)13-9)16-8-15-7-10-3-4-10/h2,5-6,10H,3-4,7-8H2,1H3. The zero-order valence-corrected chi connectivity index (χ0v) is 9.31. The molecule has 0 atom stereocenters. The Morgan fingerprint density at radius 3 is 3.00 bits per heavy atom. The number of carbonyl (C=O) groups is 1. The first-order valence-corrected chi connectivity index (χ1v) is 5.43. The van der Waals surface area contributed by atoms with Gasteiger partial charge in [-0.15, -0.1) is 0 Å². The molecule has 0 radical (unpaired) electrons. The number of nitrogens with zero attached hydrogens (tertiary/aromatic N) is 1. The van der Waals surface area contributed by atoms with E-state index in [1.54, 1.807) is 6.07 Å². The molecule has 0 amide bonds. The van der Waals surface area contributed by atoms with Gasteiger partial charge in [0.15, 0.2) is 18.8 Å². The van der Waals surface area contributed by atoms with Gasteiger partial charge in [0.25, 0.3) is 0 Å². The summed E-state index contributed by atoms with van der Waals surface area (Å²) in [5, 5.41) is 0. The fourth-order valence-electron chi connectivity index (χ4n) is 1.37. The SMILES string of the molecule is Cc1ccc(OCOCC2CC2)c(C=O)n1. The third kappa shape index (κ3) is 3.03. The summed E-state index contributed by atoms with van der Waals surface area (Å²) in [5.41, 5.74) is 1.13. The lowest BCUT2D eigenvalue weighted by molar-refractivity contribution is 0.00946. The van der Waals surface area contributed by atoms with Crippen LogP contribution >= 0.6 is 0 Å². The molecule has 1 aromatic rings. The van der Waals surface area contributed by atoms with Crippen LogP contribution in [0.4, 0.5) is 0 Å². The van der Waals surface area contributed by atoms with Crippen LogP contribution in [0.3, 0.4) is 0 Å². The van der Waals surface area contributed by atoms with E-state index in [1.165, 1.54) is 12.8 Å². The topological polar surface area (TPSA) is 48.4 Å². The molecule has 4 heteroatoms. The van der Waals surface area contributed by atoms with Gasteiger partial charge >= 0.3 is 0 Å². The summed E-state index contributed by atoms with van der Waals surface area (Å²) in [4.78, 5) is 14.8. The highest BCUT2D eigenvalue weighted by Crippen LogP contribution is 2.28. The van der Waals surface area contributed by atoms with Gasteiger partial charge in [-0.2, -0.15) is 0 Å². The Morgan fingerprint density at radius 1 is 1.50 bits per heavy atom. The summed E-state index contributed by atoms with van der Waals surface area (Å²) < 4.78 is 10.7. The van der Waals surface area contributed by atoms with Crippen LogP contribution in [-0.2, 0) is 4.74 Å². The molecule has 0 saturated heterocycles. The Morgan fingerprint density at radius 2 is 2.31 bits per heavy atom. The molecule has 1 saturated carbocycles. The van der Waals surface area contributed by atoms with Gasteiger partial charge in [-0.25, -0.2) is 4.98 Å². The lowest BCUT2D eigenvalue weighted by Gasteiger charge is -2.08. The number of aromatic nitrogens is 1. The van der Waals surface area contributed by atoms with Gasteiger partial charge in [0.05, 0.1) is 6.61 Å². The third-order valence-electron chi connectivity index (χ3n) is 2.49. The second-order valence-corrected chi connectivity index (χ2v) is 4.03. The molecule has 0 spiro atoms. The second-order valence-electron chi connectivity index (χ2n) is 4.03. The summed E-state index contributed by atoms with van der Waals surface area (Å²) in [5.74, 6) is 1.20. The van der Waals surface area contributed by atoms with E-state index in [1.807, 2.05) is 13.0 Å². The molecule has 0 N–H and O–H groups in total.